The Morgan fingerprint density at radius 1 is 1.00 bits per heavy atom. The average molecular weight is 342 g/mol. The molecule has 0 aromatic carbocycles. The predicted molar refractivity (Wildman–Crippen MR) is 94.9 cm³/mol. The average Bonchev–Trinajstić information content (AvgIpc) is 2.35. The number of hydrogen-bond donors (Lipinski definition) is 3. The molecule has 3 N–H and O–H groups in total. The maximum atomic E-state index is 12.3. The minimum absolute atomic E-state index is 0.00726. The van der Waals surface area contributed by atoms with Gasteiger partial charge in [-0.05, 0) is 45.6 Å². The van der Waals surface area contributed by atoms with Crippen LogP contribution >= 0.6 is 0 Å². The molecule has 0 rings (SSSR count). The Morgan fingerprint density at radius 2 is 1.58 bits per heavy atom. The van der Waals surface area contributed by atoms with E-state index in [9.17, 15) is 14.4 Å². The van der Waals surface area contributed by atoms with E-state index in [1.165, 1.54) is 0 Å². The third-order valence-electron chi connectivity index (χ3n) is 3.32. The lowest BCUT2D eigenvalue weighted by Crippen LogP contribution is -2.42. The van der Waals surface area contributed by atoms with Gasteiger partial charge in [-0.2, -0.15) is 0 Å². The Kier molecular flexibility index (Phi) is 9.18. The predicted octanol–water partition coefficient (Wildman–Crippen LogP) is 2.51. The molecule has 0 fully saturated rings. The monoisotopic (exact) mass is 342 g/mol. The highest BCUT2D eigenvalue weighted by Gasteiger charge is 2.24. The van der Waals surface area contributed by atoms with Crippen molar-refractivity contribution in [1.29, 1.82) is 0 Å². The quantitative estimate of drug-likeness (QED) is 0.530. The minimum atomic E-state index is -0.965. The van der Waals surface area contributed by atoms with E-state index in [0.29, 0.717) is 25.8 Å². The Bertz CT molecular complexity index is 433. The molecule has 1 amide bonds. The number of carbonyl (C=O) groups is 3. The van der Waals surface area contributed by atoms with Gasteiger partial charge in [-0.15, -0.1) is 0 Å². The van der Waals surface area contributed by atoms with Gasteiger partial charge < -0.3 is 15.7 Å². The molecule has 0 aliphatic heterocycles. The molecule has 0 unspecified atom stereocenters. The van der Waals surface area contributed by atoms with Crippen molar-refractivity contribution in [1.82, 2.24) is 10.6 Å². The molecule has 24 heavy (non-hydrogen) atoms. The summed E-state index contributed by atoms with van der Waals surface area (Å²) in [7, 11) is 0. The van der Waals surface area contributed by atoms with Gasteiger partial charge in [0, 0.05) is 24.8 Å². The molecule has 6 heteroatoms. The first-order valence-electron chi connectivity index (χ1n) is 8.59. The van der Waals surface area contributed by atoms with E-state index in [1.807, 2.05) is 20.8 Å². The van der Waals surface area contributed by atoms with Gasteiger partial charge in [-0.25, -0.2) is 0 Å². The lowest BCUT2D eigenvalue weighted by atomic mass is 9.91. The number of carbonyl (C=O) groups excluding carboxylic acids is 2. The lowest BCUT2D eigenvalue weighted by Gasteiger charge is -2.22. The van der Waals surface area contributed by atoms with Crippen LogP contribution in [0.2, 0.25) is 0 Å². The summed E-state index contributed by atoms with van der Waals surface area (Å²) in [6, 6.07) is -0.717. The Balaban J connectivity index is 4.54. The van der Waals surface area contributed by atoms with E-state index in [4.69, 9.17) is 5.11 Å². The fourth-order valence-corrected chi connectivity index (χ4v) is 2.21. The highest BCUT2D eigenvalue weighted by atomic mass is 16.4. The Hall–Kier alpha value is -1.43. The van der Waals surface area contributed by atoms with Crippen molar-refractivity contribution in [3.05, 3.63) is 0 Å². The van der Waals surface area contributed by atoms with Crippen LogP contribution in [-0.2, 0) is 14.4 Å². The van der Waals surface area contributed by atoms with Crippen LogP contribution in [-0.4, -0.2) is 40.9 Å². The van der Waals surface area contributed by atoms with Crippen LogP contribution in [0, 0.1) is 5.41 Å². The van der Waals surface area contributed by atoms with Crippen molar-refractivity contribution >= 4 is 17.7 Å². The summed E-state index contributed by atoms with van der Waals surface area (Å²) in [5.41, 5.74) is -0.187. The number of carboxylic acids is 1. The molecule has 0 aliphatic carbocycles. The molecule has 0 spiro atoms. The van der Waals surface area contributed by atoms with E-state index in [0.717, 1.165) is 0 Å². The second kappa shape index (κ2) is 9.77. The molecule has 1 atom stereocenters. The fraction of sp³-hybridized carbons (Fsp3) is 0.833. The van der Waals surface area contributed by atoms with Crippen molar-refractivity contribution in [2.24, 2.45) is 5.41 Å². The summed E-state index contributed by atoms with van der Waals surface area (Å²) in [6.45, 7) is 12.7. The summed E-state index contributed by atoms with van der Waals surface area (Å²) in [5, 5.41) is 14.9. The zero-order valence-corrected chi connectivity index (χ0v) is 16.0. The van der Waals surface area contributed by atoms with Crippen LogP contribution in [0.3, 0.4) is 0 Å². The van der Waals surface area contributed by atoms with Gasteiger partial charge in [0.05, 0.1) is 6.04 Å². The van der Waals surface area contributed by atoms with Gasteiger partial charge in [-0.3, -0.25) is 14.4 Å². The van der Waals surface area contributed by atoms with Gasteiger partial charge in [0.25, 0.3) is 0 Å². The topological polar surface area (TPSA) is 95.5 Å². The van der Waals surface area contributed by atoms with Crippen LogP contribution < -0.4 is 10.6 Å². The van der Waals surface area contributed by atoms with Gasteiger partial charge in [0.15, 0.2) is 5.78 Å². The third kappa shape index (κ3) is 13.0. The molecule has 6 nitrogen and oxygen atoms in total. The molecule has 0 bridgehead atoms. The zero-order valence-electron chi connectivity index (χ0n) is 16.0. The molecule has 0 saturated carbocycles. The number of ketones is 1. The summed E-state index contributed by atoms with van der Waals surface area (Å²) < 4.78 is 0. The Morgan fingerprint density at radius 3 is 2.04 bits per heavy atom. The Labute approximate surface area is 145 Å². The standard InChI is InChI=1S/C18H34N2O4/c1-17(2,3)12-15(22)20-13(9-10-16(23)24)14(21)8-7-11-19-18(4,5)6/h13,19H,7-12H2,1-6H3,(H,20,22)(H,23,24)/t13-/m1/s1. The van der Waals surface area contributed by atoms with Gasteiger partial charge in [0.1, 0.15) is 0 Å². The molecule has 0 radical (unpaired) electrons. The molecule has 0 heterocycles. The maximum absolute atomic E-state index is 12.3. The second-order valence-electron chi connectivity index (χ2n) is 8.54. The summed E-state index contributed by atoms with van der Waals surface area (Å²) >= 11 is 0. The van der Waals surface area contributed by atoms with Crippen LogP contribution in [0.4, 0.5) is 0 Å². The smallest absolute Gasteiger partial charge is 0.303 e. The SMILES string of the molecule is CC(C)(C)CC(=O)N[C@H](CCC(=O)O)C(=O)CCCNC(C)(C)C. The van der Waals surface area contributed by atoms with E-state index >= 15 is 0 Å². The van der Waals surface area contributed by atoms with Crippen molar-refractivity contribution in [3.63, 3.8) is 0 Å². The lowest BCUT2D eigenvalue weighted by molar-refractivity contribution is -0.138. The molecular formula is C18H34N2O4. The van der Waals surface area contributed by atoms with Gasteiger partial charge >= 0.3 is 5.97 Å². The van der Waals surface area contributed by atoms with Crippen LogP contribution in [0.15, 0.2) is 0 Å². The molecule has 0 aliphatic rings. The molecule has 0 aromatic heterocycles. The molecular weight excluding hydrogens is 308 g/mol. The van der Waals surface area contributed by atoms with Crippen molar-refractivity contribution in [2.45, 2.75) is 85.2 Å². The number of hydrogen-bond acceptors (Lipinski definition) is 4. The van der Waals surface area contributed by atoms with Gasteiger partial charge in [0.2, 0.25) is 5.91 Å². The highest BCUT2D eigenvalue weighted by Crippen LogP contribution is 2.18. The minimum Gasteiger partial charge on any atom is -0.481 e. The largest absolute Gasteiger partial charge is 0.481 e. The number of carboxylic acid groups (broad SMARTS) is 1. The first-order valence-corrected chi connectivity index (χ1v) is 8.59. The summed E-state index contributed by atoms with van der Waals surface area (Å²) in [4.78, 5) is 35.2. The number of Topliss-reactive ketones (excluding diaryl/α,β-unsaturated/α-hetero) is 1. The normalized spacial score (nSPS) is 13.4. The molecule has 0 aromatic rings. The highest BCUT2D eigenvalue weighted by molar-refractivity contribution is 5.89. The van der Waals surface area contributed by atoms with Gasteiger partial charge in [-0.1, -0.05) is 20.8 Å². The van der Waals surface area contributed by atoms with Crippen LogP contribution in [0.1, 0.15) is 73.6 Å². The first-order chi connectivity index (χ1) is 10.8. The van der Waals surface area contributed by atoms with Crippen molar-refractivity contribution in [3.8, 4) is 0 Å². The summed E-state index contributed by atoms with van der Waals surface area (Å²) in [6.07, 6.45) is 1.29. The molecule has 140 valence electrons. The van der Waals surface area contributed by atoms with Crippen LogP contribution in [0.25, 0.3) is 0 Å². The number of aliphatic carboxylic acids is 1. The van der Waals surface area contributed by atoms with E-state index in [2.05, 4.69) is 31.4 Å². The maximum Gasteiger partial charge on any atom is 0.303 e. The number of rotatable bonds is 10. The second-order valence-corrected chi connectivity index (χ2v) is 8.54. The van der Waals surface area contributed by atoms with Crippen molar-refractivity contribution in [2.75, 3.05) is 6.54 Å². The first kappa shape index (κ1) is 22.6. The van der Waals surface area contributed by atoms with E-state index in [-0.39, 0.29) is 35.5 Å². The van der Waals surface area contributed by atoms with E-state index in [1.54, 1.807) is 0 Å². The summed E-state index contributed by atoms with van der Waals surface area (Å²) in [5.74, 6) is -1.28. The number of nitrogens with one attached hydrogen (secondary N) is 2. The van der Waals surface area contributed by atoms with Crippen molar-refractivity contribution < 1.29 is 19.5 Å². The fourth-order valence-electron chi connectivity index (χ4n) is 2.21. The van der Waals surface area contributed by atoms with E-state index < -0.39 is 12.0 Å². The molecule has 0 saturated heterocycles. The third-order valence-corrected chi connectivity index (χ3v) is 3.32. The van der Waals surface area contributed by atoms with Crippen LogP contribution in [0.5, 0.6) is 0 Å². The number of amides is 1. The zero-order chi connectivity index (χ0) is 19.0.